The van der Waals surface area contributed by atoms with Crippen LogP contribution in [0.5, 0.6) is 0 Å². The number of nitrogen functional groups attached to an aromatic ring is 1. The minimum absolute atomic E-state index is 0.205. The van der Waals surface area contributed by atoms with Gasteiger partial charge >= 0.3 is 0 Å². The number of rotatable bonds is 3. The van der Waals surface area contributed by atoms with Crippen molar-refractivity contribution in [2.45, 2.75) is 30.3 Å². The molecule has 0 aliphatic heterocycles. The lowest BCUT2D eigenvalue weighted by Crippen LogP contribution is -1.99. The van der Waals surface area contributed by atoms with Crippen LogP contribution in [0.1, 0.15) is 12.6 Å². The molecule has 96 valence electrons. The van der Waals surface area contributed by atoms with Crippen molar-refractivity contribution in [2.24, 2.45) is 0 Å². The van der Waals surface area contributed by atoms with Gasteiger partial charge in [-0.05, 0) is 32.0 Å². The fraction of sp³-hybridized carbons (Fsp3) is 0.250. The molecule has 0 saturated heterocycles. The molecule has 6 heteroatoms. The van der Waals surface area contributed by atoms with Crippen molar-refractivity contribution in [3.8, 4) is 0 Å². The monoisotopic (exact) mass is 269 g/mol. The Morgan fingerprint density at radius 1 is 1.39 bits per heavy atom. The third-order valence-electron chi connectivity index (χ3n) is 2.52. The molecular formula is C12H13F2N3S. The number of halogens is 2. The zero-order chi connectivity index (χ0) is 13.3. The van der Waals surface area contributed by atoms with E-state index in [1.807, 2.05) is 6.92 Å². The minimum Gasteiger partial charge on any atom is -0.395 e. The highest BCUT2D eigenvalue weighted by molar-refractivity contribution is 7.99. The summed E-state index contributed by atoms with van der Waals surface area (Å²) in [6, 6.07) is 3.35. The molecule has 0 unspecified atom stereocenters. The lowest BCUT2D eigenvalue weighted by atomic mass is 10.3. The van der Waals surface area contributed by atoms with Crippen LogP contribution in [0.2, 0.25) is 0 Å². The molecule has 0 saturated carbocycles. The molecule has 2 aromatic rings. The first-order chi connectivity index (χ1) is 8.52. The Bertz CT molecular complexity index is 581. The van der Waals surface area contributed by atoms with Gasteiger partial charge in [-0.25, -0.2) is 8.78 Å². The maximum absolute atomic E-state index is 13.6. The van der Waals surface area contributed by atoms with E-state index >= 15 is 0 Å². The molecule has 2 N–H and O–H groups in total. The summed E-state index contributed by atoms with van der Waals surface area (Å²) in [5, 5.41) is 4.87. The first-order valence-electron chi connectivity index (χ1n) is 5.48. The molecule has 0 aliphatic carbocycles. The van der Waals surface area contributed by atoms with E-state index in [1.54, 1.807) is 11.6 Å². The molecule has 0 aliphatic rings. The predicted molar refractivity (Wildman–Crippen MR) is 67.5 cm³/mol. The quantitative estimate of drug-likeness (QED) is 0.930. The van der Waals surface area contributed by atoms with Gasteiger partial charge in [0.15, 0.2) is 0 Å². The standard InChI is InChI=1S/C12H13F2N3S/c1-3-17-12(11(15)7(2)16-17)18-10-6-8(13)4-5-9(10)14/h4-6H,3,15H2,1-2H3. The van der Waals surface area contributed by atoms with Crippen molar-refractivity contribution in [3.63, 3.8) is 0 Å². The van der Waals surface area contributed by atoms with Crippen LogP contribution in [0, 0.1) is 18.6 Å². The van der Waals surface area contributed by atoms with E-state index in [9.17, 15) is 8.78 Å². The second-order valence-electron chi connectivity index (χ2n) is 3.80. The predicted octanol–water partition coefficient (Wildman–Crippen LogP) is 3.22. The summed E-state index contributed by atoms with van der Waals surface area (Å²) >= 11 is 1.09. The topological polar surface area (TPSA) is 43.8 Å². The summed E-state index contributed by atoms with van der Waals surface area (Å²) in [5.41, 5.74) is 7.09. The fourth-order valence-electron chi connectivity index (χ4n) is 1.56. The van der Waals surface area contributed by atoms with Gasteiger partial charge in [-0.3, -0.25) is 4.68 Å². The van der Waals surface area contributed by atoms with Crippen molar-refractivity contribution >= 4 is 17.4 Å². The molecule has 0 amide bonds. The van der Waals surface area contributed by atoms with Crippen LogP contribution in [0.15, 0.2) is 28.1 Å². The Morgan fingerprint density at radius 3 is 2.78 bits per heavy atom. The molecule has 1 aromatic carbocycles. The Labute approximate surface area is 108 Å². The summed E-state index contributed by atoms with van der Waals surface area (Å²) in [7, 11) is 0. The normalized spacial score (nSPS) is 10.9. The Morgan fingerprint density at radius 2 is 2.11 bits per heavy atom. The molecule has 1 heterocycles. The highest BCUT2D eigenvalue weighted by Crippen LogP contribution is 2.35. The zero-order valence-corrected chi connectivity index (χ0v) is 10.9. The molecule has 0 fully saturated rings. The van der Waals surface area contributed by atoms with E-state index in [1.165, 1.54) is 0 Å². The second-order valence-corrected chi connectivity index (χ2v) is 4.83. The summed E-state index contributed by atoms with van der Waals surface area (Å²) in [4.78, 5) is 0.205. The number of anilines is 1. The summed E-state index contributed by atoms with van der Waals surface area (Å²) < 4.78 is 28.4. The zero-order valence-electron chi connectivity index (χ0n) is 10.1. The third kappa shape index (κ3) is 2.33. The molecule has 0 radical (unpaired) electrons. The van der Waals surface area contributed by atoms with Crippen LogP contribution in [-0.2, 0) is 6.54 Å². The van der Waals surface area contributed by atoms with Gasteiger partial charge in [0.25, 0.3) is 0 Å². The van der Waals surface area contributed by atoms with Crippen molar-refractivity contribution in [2.75, 3.05) is 5.73 Å². The van der Waals surface area contributed by atoms with Gasteiger partial charge < -0.3 is 5.73 Å². The Kier molecular flexibility index (Phi) is 3.56. The molecule has 0 atom stereocenters. The van der Waals surface area contributed by atoms with Crippen LogP contribution in [0.4, 0.5) is 14.5 Å². The number of hydrogen-bond donors (Lipinski definition) is 1. The van der Waals surface area contributed by atoms with Crippen LogP contribution in [0.3, 0.4) is 0 Å². The smallest absolute Gasteiger partial charge is 0.137 e. The van der Waals surface area contributed by atoms with E-state index < -0.39 is 11.6 Å². The van der Waals surface area contributed by atoms with Crippen LogP contribution in [0.25, 0.3) is 0 Å². The molecule has 1 aromatic heterocycles. The molecule has 3 nitrogen and oxygen atoms in total. The number of aryl methyl sites for hydroxylation is 2. The molecular weight excluding hydrogens is 256 g/mol. The average Bonchev–Trinajstić information content (AvgIpc) is 2.61. The van der Waals surface area contributed by atoms with Crippen LogP contribution < -0.4 is 5.73 Å². The highest BCUT2D eigenvalue weighted by atomic mass is 32.2. The number of nitrogens with zero attached hydrogens (tertiary/aromatic N) is 2. The van der Waals surface area contributed by atoms with Crippen molar-refractivity contribution in [1.29, 1.82) is 0 Å². The Balaban J connectivity index is 2.42. The minimum atomic E-state index is -0.475. The SMILES string of the molecule is CCn1nc(C)c(N)c1Sc1cc(F)ccc1F. The first kappa shape index (κ1) is 12.9. The number of aromatic nitrogens is 2. The summed E-state index contributed by atoms with van der Waals surface area (Å²) in [6.07, 6.45) is 0. The number of nitrogens with two attached hydrogens (primary N) is 1. The van der Waals surface area contributed by atoms with Gasteiger partial charge in [-0.2, -0.15) is 5.10 Å². The second kappa shape index (κ2) is 4.97. The van der Waals surface area contributed by atoms with Crippen molar-refractivity contribution in [1.82, 2.24) is 9.78 Å². The largest absolute Gasteiger partial charge is 0.395 e. The summed E-state index contributed by atoms with van der Waals surface area (Å²) in [6.45, 7) is 4.32. The summed E-state index contributed by atoms with van der Waals surface area (Å²) in [5.74, 6) is -0.945. The van der Waals surface area contributed by atoms with E-state index in [2.05, 4.69) is 5.10 Å². The van der Waals surface area contributed by atoms with Gasteiger partial charge in [-0.1, -0.05) is 11.8 Å². The van der Waals surface area contributed by atoms with Gasteiger partial charge in [0.05, 0.1) is 16.3 Å². The highest BCUT2D eigenvalue weighted by Gasteiger charge is 2.15. The maximum Gasteiger partial charge on any atom is 0.137 e. The number of benzene rings is 1. The van der Waals surface area contributed by atoms with E-state index in [-0.39, 0.29) is 4.90 Å². The molecule has 0 spiro atoms. The van der Waals surface area contributed by atoms with Crippen LogP contribution >= 0.6 is 11.8 Å². The molecule has 18 heavy (non-hydrogen) atoms. The number of hydrogen-bond acceptors (Lipinski definition) is 3. The maximum atomic E-state index is 13.6. The Hall–Kier alpha value is -1.56. The van der Waals surface area contributed by atoms with Gasteiger partial charge in [0, 0.05) is 6.54 Å². The lowest BCUT2D eigenvalue weighted by molar-refractivity contribution is 0.574. The average molecular weight is 269 g/mol. The van der Waals surface area contributed by atoms with Crippen LogP contribution in [-0.4, -0.2) is 9.78 Å². The fourth-order valence-corrected chi connectivity index (χ4v) is 2.63. The van der Waals surface area contributed by atoms with Gasteiger partial charge in [0.2, 0.25) is 0 Å². The van der Waals surface area contributed by atoms with Crippen molar-refractivity contribution < 1.29 is 8.78 Å². The van der Waals surface area contributed by atoms with Crippen molar-refractivity contribution in [3.05, 3.63) is 35.5 Å². The first-order valence-corrected chi connectivity index (χ1v) is 6.30. The van der Waals surface area contributed by atoms with Gasteiger partial charge in [0.1, 0.15) is 16.7 Å². The molecule has 0 bridgehead atoms. The lowest BCUT2D eigenvalue weighted by Gasteiger charge is -2.06. The van der Waals surface area contributed by atoms with Gasteiger partial charge in [-0.15, -0.1) is 0 Å². The van der Waals surface area contributed by atoms with E-state index in [0.29, 0.717) is 23.0 Å². The third-order valence-corrected chi connectivity index (χ3v) is 3.68. The molecule has 2 rings (SSSR count). The van der Waals surface area contributed by atoms with E-state index in [0.717, 1.165) is 30.0 Å². The van der Waals surface area contributed by atoms with E-state index in [4.69, 9.17) is 5.73 Å².